The summed E-state index contributed by atoms with van der Waals surface area (Å²) in [6.45, 7) is 0.830. The number of nitrogens with one attached hydrogen (secondary N) is 2. The molecule has 1 aliphatic rings. The van der Waals surface area contributed by atoms with Crippen molar-refractivity contribution in [2.24, 2.45) is 5.73 Å². The number of rotatable bonds is 1. The van der Waals surface area contributed by atoms with Crippen LogP contribution >= 0.6 is 0 Å². The van der Waals surface area contributed by atoms with E-state index in [1.807, 2.05) is 0 Å². The first-order chi connectivity index (χ1) is 6.20. The van der Waals surface area contributed by atoms with E-state index in [1.54, 1.807) is 0 Å². The summed E-state index contributed by atoms with van der Waals surface area (Å²) in [7, 11) is 0. The third kappa shape index (κ3) is 3.42. The second kappa shape index (κ2) is 4.81. The van der Waals surface area contributed by atoms with Crippen molar-refractivity contribution in [1.82, 2.24) is 10.6 Å². The van der Waals surface area contributed by atoms with Gasteiger partial charge in [-0.3, -0.25) is 10.1 Å². The fourth-order valence-corrected chi connectivity index (χ4v) is 1.46. The lowest BCUT2D eigenvalue weighted by molar-refractivity contribution is -0.122. The van der Waals surface area contributed by atoms with Gasteiger partial charge in [-0.2, -0.15) is 0 Å². The highest BCUT2D eigenvalue weighted by Gasteiger charge is 2.19. The maximum absolute atomic E-state index is 11.3. The van der Waals surface area contributed by atoms with Crippen molar-refractivity contribution in [3.63, 3.8) is 0 Å². The number of carbonyl (C=O) groups is 2. The van der Waals surface area contributed by atoms with Crippen LogP contribution in [0.25, 0.3) is 0 Å². The van der Waals surface area contributed by atoms with E-state index in [-0.39, 0.29) is 11.9 Å². The first-order valence-corrected chi connectivity index (χ1v) is 4.54. The summed E-state index contributed by atoms with van der Waals surface area (Å²) in [5.74, 6) is -0.311. The number of carbonyl (C=O) groups excluding carboxylic acids is 2. The molecule has 1 rings (SSSR count). The Balaban J connectivity index is 2.39. The number of hydrogen-bond acceptors (Lipinski definition) is 3. The average molecular weight is 185 g/mol. The Kier molecular flexibility index (Phi) is 3.70. The summed E-state index contributed by atoms with van der Waals surface area (Å²) < 4.78 is 0. The van der Waals surface area contributed by atoms with Crippen LogP contribution in [0.5, 0.6) is 0 Å². The summed E-state index contributed by atoms with van der Waals surface area (Å²) in [5, 5.41) is 5.14. The normalized spacial score (nSPS) is 23.2. The van der Waals surface area contributed by atoms with Gasteiger partial charge in [0.05, 0.1) is 6.04 Å². The summed E-state index contributed by atoms with van der Waals surface area (Å²) >= 11 is 0. The Hall–Kier alpha value is -1.10. The molecule has 74 valence electrons. The SMILES string of the molecule is NC(=O)NC(=O)C1CCCCCN1. The summed E-state index contributed by atoms with van der Waals surface area (Å²) in [5.41, 5.74) is 4.84. The molecule has 0 radical (unpaired) electrons. The van der Waals surface area contributed by atoms with E-state index in [9.17, 15) is 9.59 Å². The van der Waals surface area contributed by atoms with Crippen molar-refractivity contribution in [2.75, 3.05) is 6.54 Å². The van der Waals surface area contributed by atoms with Gasteiger partial charge in [-0.05, 0) is 19.4 Å². The maximum Gasteiger partial charge on any atom is 0.318 e. The van der Waals surface area contributed by atoms with Gasteiger partial charge in [-0.1, -0.05) is 12.8 Å². The molecule has 1 fully saturated rings. The quantitative estimate of drug-likeness (QED) is 0.525. The number of primary amides is 1. The van der Waals surface area contributed by atoms with Crippen molar-refractivity contribution in [3.05, 3.63) is 0 Å². The Morgan fingerprint density at radius 3 is 2.77 bits per heavy atom. The van der Waals surface area contributed by atoms with Crippen molar-refractivity contribution >= 4 is 11.9 Å². The first kappa shape index (κ1) is 9.98. The van der Waals surface area contributed by atoms with Gasteiger partial charge in [-0.15, -0.1) is 0 Å². The van der Waals surface area contributed by atoms with Gasteiger partial charge >= 0.3 is 6.03 Å². The lowest BCUT2D eigenvalue weighted by Gasteiger charge is -2.13. The molecule has 3 amide bonds. The fraction of sp³-hybridized carbons (Fsp3) is 0.750. The molecule has 1 saturated heterocycles. The van der Waals surface area contributed by atoms with Gasteiger partial charge < -0.3 is 11.1 Å². The van der Waals surface area contributed by atoms with Crippen LogP contribution in [-0.2, 0) is 4.79 Å². The standard InChI is InChI=1S/C8H15N3O2/c9-8(13)11-7(12)6-4-2-1-3-5-10-6/h6,10H,1-5H2,(H3,9,11,12,13). The van der Waals surface area contributed by atoms with Crippen LogP contribution in [0, 0.1) is 0 Å². The van der Waals surface area contributed by atoms with Crippen LogP contribution < -0.4 is 16.4 Å². The van der Waals surface area contributed by atoms with Crippen LogP contribution in [0.3, 0.4) is 0 Å². The summed E-state index contributed by atoms with van der Waals surface area (Å²) in [6.07, 6.45) is 4.01. The molecule has 0 aromatic carbocycles. The zero-order chi connectivity index (χ0) is 9.68. The number of hydrogen-bond donors (Lipinski definition) is 3. The summed E-state index contributed by atoms with van der Waals surface area (Å²) in [6, 6.07) is -1.04. The number of urea groups is 1. The third-order valence-electron chi connectivity index (χ3n) is 2.12. The second-order valence-electron chi connectivity index (χ2n) is 3.21. The van der Waals surface area contributed by atoms with Crippen molar-refractivity contribution in [3.8, 4) is 0 Å². The zero-order valence-corrected chi connectivity index (χ0v) is 7.51. The minimum absolute atomic E-state index is 0.255. The molecule has 5 heteroatoms. The number of imide groups is 1. The predicted octanol–water partition coefficient (Wildman–Crippen LogP) is -0.287. The van der Waals surface area contributed by atoms with Gasteiger partial charge in [-0.25, -0.2) is 4.79 Å². The molecule has 0 bridgehead atoms. The van der Waals surface area contributed by atoms with Crippen LogP contribution in [0.1, 0.15) is 25.7 Å². The Labute approximate surface area is 77.1 Å². The number of amides is 3. The highest BCUT2D eigenvalue weighted by Crippen LogP contribution is 2.07. The van der Waals surface area contributed by atoms with Gasteiger partial charge in [0.25, 0.3) is 0 Å². The lowest BCUT2D eigenvalue weighted by Crippen LogP contribution is -2.47. The Morgan fingerprint density at radius 1 is 1.31 bits per heavy atom. The minimum atomic E-state index is -0.781. The second-order valence-corrected chi connectivity index (χ2v) is 3.21. The van der Waals surface area contributed by atoms with Gasteiger partial charge in [0.2, 0.25) is 5.91 Å². The Morgan fingerprint density at radius 2 is 2.08 bits per heavy atom. The van der Waals surface area contributed by atoms with E-state index in [0.717, 1.165) is 32.2 Å². The third-order valence-corrected chi connectivity index (χ3v) is 2.12. The molecule has 0 spiro atoms. The van der Waals surface area contributed by atoms with Crippen molar-refractivity contribution < 1.29 is 9.59 Å². The monoisotopic (exact) mass is 185 g/mol. The predicted molar refractivity (Wildman–Crippen MR) is 48.0 cm³/mol. The molecular weight excluding hydrogens is 170 g/mol. The number of nitrogens with two attached hydrogens (primary N) is 1. The van der Waals surface area contributed by atoms with Crippen LogP contribution in [-0.4, -0.2) is 24.5 Å². The topological polar surface area (TPSA) is 84.2 Å². The van der Waals surface area contributed by atoms with Crippen molar-refractivity contribution in [2.45, 2.75) is 31.7 Å². The largest absolute Gasteiger partial charge is 0.351 e. The highest BCUT2D eigenvalue weighted by molar-refractivity contribution is 5.96. The molecule has 0 aromatic rings. The van der Waals surface area contributed by atoms with E-state index >= 15 is 0 Å². The lowest BCUT2D eigenvalue weighted by atomic mass is 10.1. The van der Waals surface area contributed by atoms with E-state index in [0.29, 0.717) is 0 Å². The van der Waals surface area contributed by atoms with Gasteiger partial charge in [0.15, 0.2) is 0 Å². The molecule has 13 heavy (non-hydrogen) atoms. The van der Waals surface area contributed by atoms with E-state index < -0.39 is 6.03 Å². The van der Waals surface area contributed by atoms with Crippen LogP contribution in [0.2, 0.25) is 0 Å². The summed E-state index contributed by atoms with van der Waals surface area (Å²) in [4.78, 5) is 21.7. The Bertz CT molecular complexity index is 198. The molecule has 0 aromatic heterocycles. The van der Waals surface area contributed by atoms with E-state index in [2.05, 4.69) is 10.6 Å². The molecule has 1 unspecified atom stereocenters. The van der Waals surface area contributed by atoms with E-state index in [1.165, 1.54) is 0 Å². The van der Waals surface area contributed by atoms with Gasteiger partial charge in [0.1, 0.15) is 0 Å². The average Bonchev–Trinajstić information content (AvgIpc) is 2.29. The van der Waals surface area contributed by atoms with Gasteiger partial charge in [0, 0.05) is 0 Å². The molecule has 1 aliphatic heterocycles. The maximum atomic E-state index is 11.3. The molecule has 5 nitrogen and oxygen atoms in total. The molecule has 4 N–H and O–H groups in total. The minimum Gasteiger partial charge on any atom is -0.351 e. The van der Waals surface area contributed by atoms with Crippen LogP contribution in [0.15, 0.2) is 0 Å². The van der Waals surface area contributed by atoms with E-state index in [4.69, 9.17) is 5.73 Å². The first-order valence-electron chi connectivity index (χ1n) is 4.54. The molecule has 1 heterocycles. The molecule has 1 atom stereocenters. The smallest absolute Gasteiger partial charge is 0.318 e. The molecule has 0 saturated carbocycles. The van der Waals surface area contributed by atoms with Crippen molar-refractivity contribution in [1.29, 1.82) is 0 Å². The molecule has 0 aliphatic carbocycles. The zero-order valence-electron chi connectivity index (χ0n) is 7.51. The van der Waals surface area contributed by atoms with Crippen LogP contribution in [0.4, 0.5) is 4.79 Å². The highest BCUT2D eigenvalue weighted by atomic mass is 16.2. The molecular formula is C8H15N3O2. The fourth-order valence-electron chi connectivity index (χ4n) is 1.46.